The second-order valence-corrected chi connectivity index (χ2v) is 5.99. The van der Waals surface area contributed by atoms with Crippen molar-refractivity contribution < 1.29 is 0 Å². The molecule has 1 aliphatic rings. The molecule has 2 N–H and O–H groups in total. The van der Waals surface area contributed by atoms with Gasteiger partial charge in [0, 0.05) is 24.8 Å². The fourth-order valence-corrected chi connectivity index (χ4v) is 2.93. The summed E-state index contributed by atoms with van der Waals surface area (Å²) in [5, 5.41) is 0. The van der Waals surface area contributed by atoms with Crippen molar-refractivity contribution in [1.29, 1.82) is 0 Å². The first kappa shape index (κ1) is 14.4. The molecule has 1 fully saturated rings. The van der Waals surface area contributed by atoms with E-state index in [4.69, 9.17) is 5.73 Å². The van der Waals surface area contributed by atoms with Gasteiger partial charge in [0.2, 0.25) is 0 Å². The van der Waals surface area contributed by atoms with Crippen LogP contribution in [0, 0.1) is 12.8 Å². The van der Waals surface area contributed by atoms with Crippen LogP contribution in [0.2, 0.25) is 0 Å². The minimum Gasteiger partial charge on any atom is -0.371 e. The Morgan fingerprint density at radius 1 is 1.37 bits per heavy atom. The molecule has 0 aromatic heterocycles. The summed E-state index contributed by atoms with van der Waals surface area (Å²) in [5.41, 5.74) is 10.2. The SMILES string of the molecule is CCC(N)Cc1ccc(N2CCC(CC)C2)cc1C. The lowest BCUT2D eigenvalue weighted by atomic mass is 9.99. The van der Waals surface area contributed by atoms with Crippen LogP contribution in [-0.2, 0) is 6.42 Å². The van der Waals surface area contributed by atoms with E-state index in [9.17, 15) is 0 Å². The van der Waals surface area contributed by atoms with E-state index in [0.717, 1.165) is 18.8 Å². The van der Waals surface area contributed by atoms with E-state index < -0.39 is 0 Å². The smallest absolute Gasteiger partial charge is 0.0369 e. The van der Waals surface area contributed by atoms with Crippen molar-refractivity contribution >= 4 is 5.69 Å². The van der Waals surface area contributed by atoms with E-state index in [0.29, 0.717) is 6.04 Å². The van der Waals surface area contributed by atoms with Gasteiger partial charge in [0.05, 0.1) is 0 Å². The first-order valence-electron chi connectivity index (χ1n) is 7.74. The third-order valence-corrected chi connectivity index (χ3v) is 4.56. The topological polar surface area (TPSA) is 29.3 Å². The minimum absolute atomic E-state index is 0.292. The molecule has 0 spiro atoms. The van der Waals surface area contributed by atoms with Crippen molar-refractivity contribution in [2.45, 2.75) is 52.5 Å². The molecule has 0 amide bonds. The van der Waals surface area contributed by atoms with Crippen LogP contribution in [-0.4, -0.2) is 19.1 Å². The van der Waals surface area contributed by atoms with Crippen LogP contribution in [0.5, 0.6) is 0 Å². The molecule has 0 bridgehead atoms. The van der Waals surface area contributed by atoms with Crippen LogP contribution in [0.4, 0.5) is 5.69 Å². The highest BCUT2D eigenvalue weighted by atomic mass is 15.1. The highest BCUT2D eigenvalue weighted by Crippen LogP contribution is 2.27. The van der Waals surface area contributed by atoms with Gasteiger partial charge in [0.1, 0.15) is 0 Å². The van der Waals surface area contributed by atoms with Crippen molar-refractivity contribution in [3.63, 3.8) is 0 Å². The van der Waals surface area contributed by atoms with E-state index in [-0.39, 0.29) is 0 Å². The standard InChI is InChI=1S/C17H28N2/c1-4-14-8-9-19(12-14)17-7-6-15(13(3)10-17)11-16(18)5-2/h6-7,10,14,16H,4-5,8-9,11-12,18H2,1-3H3. The number of hydrogen-bond acceptors (Lipinski definition) is 2. The van der Waals surface area contributed by atoms with E-state index in [1.165, 1.54) is 42.7 Å². The summed E-state index contributed by atoms with van der Waals surface area (Å²) in [6.07, 6.45) is 4.70. The highest BCUT2D eigenvalue weighted by molar-refractivity contribution is 5.51. The van der Waals surface area contributed by atoms with Crippen LogP contribution in [0.15, 0.2) is 18.2 Å². The van der Waals surface area contributed by atoms with Crippen LogP contribution in [0.25, 0.3) is 0 Å². The molecule has 1 aromatic carbocycles. The maximum atomic E-state index is 6.06. The normalized spacial score (nSPS) is 20.8. The number of benzene rings is 1. The van der Waals surface area contributed by atoms with Crippen LogP contribution in [0.1, 0.15) is 44.2 Å². The summed E-state index contributed by atoms with van der Waals surface area (Å²) >= 11 is 0. The number of hydrogen-bond donors (Lipinski definition) is 1. The fraction of sp³-hybridized carbons (Fsp3) is 0.647. The lowest BCUT2D eigenvalue weighted by molar-refractivity contribution is 0.569. The Balaban J connectivity index is 2.06. The summed E-state index contributed by atoms with van der Waals surface area (Å²) in [5.74, 6) is 0.883. The van der Waals surface area contributed by atoms with Crippen LogP contribution >= 0.6 is 0 Å². The Hall–Kier alpha value is -1.02. The second-order valence-electron chi connectivity index (χ2n) is 5.99. The first-order valence-corrected chi connectivity index (χ1v) is 7.74. The molecular formula is C17H28N2. The third kappa shape index (κ3) is 3.50. The number of aryl methyl sites for hydroxylation is 1. The number of nitrogens with zero attached hydrogens (tertiary/aromatic N) is 1. The van der Waals surface area contributed by atoms with Crippen molar-refractivity contribution in [2.75, 3.05) is 18.0 Å². The van der Waals surface area contributed by atoms with Gasteiger partial charge in [0.25, 0.3) is 0 Å². The number of anilines is 1. The maximum Gasteiger partial charge on any atom is 0.0369 e. The van der Waals surface area contributed by atoms with Crippen LogP contribution in [0.3, 0.4) is 0 Å². The molecule has 19 heavy (non-hydrogen) atoms. The van der Waals surface area contributed by atoms with E-state index in [1.807, 2.05) is 0 Å². The Labute approximate surface area is 118 Å². The molecule has 2 unspecified atom stereocenters. The fourth-order valence-electron chi connectivity index (χ4n) is 2.93. The molecule has 1 aliphatic heterocycles. The molecule has 0 aliphatic carbocycles. The minimum atomic E-state index is 0.292. The third-order valence-electron chi connectivity index (χ3n) is 4.56. The molecular weight excluding hydrogens is 232 g/mol. The van der Waals surface area contributed by atoms with Gasteiger partial charge in [-0.2, -0.15) is 0 Å². The molecule has 2 nitrogen and oxygen atoms in total. The van der Waals surface area contributed by atoms with Gasteiger partial charge >= 0.3 is 0 Å². The highest BCUT2D eigenvalue weighted by Gasteiger charge is 2.21. The maximum absolute atomic E-state index is 6.06. The van der Waals surface area contributed by atoms with Crippen molar-refractivity contribution in [1.82, 2.24) is 0 Å². The summed E-state index contributed by atoms with van der Waals surface area (Å²) in [6, 6.07) is 7.19. The zero-order chi connectivity index (χ0) is 13.8. The van der Waals surface area contributed by atoms with E-state index in [2.05, 4.69) is 43.9 Å². The molecule has 2 rings (SSSR count). The van der Waals surface area contributed by atoms with Crippen molar-refractivity contribution in [3.8, 4) is 0 Å². The predicted octanol–water partition coefficient (Wildman–Crippen LogP) is 3.51. The summed E-state index contributed by atoms with van der Waals surface area (Å²) in [4.78, 5) is 2.53. The molecule has 0 radical (unpaired) electrons. The Kier molecular flexibility index (Phi) is 4.87. The predicted molar refractivity (Wildman–Crippen MR) is 83.8 cm³/mol. The Morgan fingerprint density at radius 2 is 2.16 bits per heavy atom. The average molecular weight is 260 g/mol. The second kappa shape index (κ2) is 6.42. The molecule has 1 heterocycles. The van der Waals surface area contributed by atoms with Gasteiger partial charge in [-0.05, 0) is 55.4 Å². The lowest BCUT2D eigenvalue weighted by Gasteiger charge is -2.20. The molecule has 1 aromatic rings. The zero-order valence-corrected chi connectivity index (χ0v) is 12.7. The Morgan fingerprint density at radius 3 is 2.74 bits per heavy atom. The molecule has 1 saturated heterocycles. The first-order chi connectivity index (χ1) is 9.13. The van der Waals surface area contributed by atoms with Gasteiger partial charge in [-0.25, -0.2) is 0 Å². The summed E-state index contributed by atoms with van der Waals surface area (Å²) < 4.78 is 0. The Bertz CT molecular complexity index is 414. The monoisotopic (exact) mass is 260 g/mol. The summed E-state index contributed by atoms with van der Waals surface area (Å²) in [7, 11) is 0. The average Bonchev–Trinajstić information content (AvgIpc) is 2.89. The molecule has 106 valence electrons. The number of rotatable bonds is 5. The van der Waals surface area contributed by atoms with E-state index in [1.54, 1.807) is 0 Å². The molecule has 0 saturated carbocycles. The quantitative estimate of drug-likeness (QED) is 0.878. The van der Waals surface area contributed by atoms with Gasteiger partial charge in [-0.3, -0.25) is 0 Å². The van der Waals surface area contributed by atoms with Crippen molar-refractivity contribution in [2.24, 2.45) is 11.7 Å². The van der Waals surface area contributed by atoms with Gasteiger partial charge in [-0.1, -0.05) is 26.3 Å². The number of nitrogens with two attached hydrogens (primary N) is 1. The van der Waals surface area contributed by atoms with Crippen LogP contribution < -0.4 is 10.6 Å². The van der Waals surface area contributed by atoms with Gasteiger partial charge in [-0.15, -0.1) is 0 Å². The molecule has 2 atom stereocenters. The summed E-state index contributed by atoms with van der Waals surface area (Å²) in [6.45, 7) is 9.11. The lowest BCUT2D eigenvalue weighted by Crippen LogP contribution is -2.22. The van der Waals surface area contributed by atoms with Gasteiger partial charge in [0.15, 0.2) is 0 Å². The van der Waals surface area contributed by atoms with Gasteiger partial charge < -0.3 is 10.6 Å². The van der Waals surface area contributed by atoms with Crippen molar-refractivity contribution in [3.05, 3.63) is 29.3 Å². The largest absolute Gasteiger partial charge is 0.371 e. The van der Waals surface area contributed by atoms with E-state index >= 15 is 0 Å². The zero-order valence-electron chi connectivity index (χ0n) is 12.7. The molecule has 2 heteroatoms.